The number of nitrogens with zero attached hydrogens (tertiary/aromatic N) is 3. The summed E-state index contributed by atoms with van der Waals surface area (Å²) in [6.07, 6.45) is 7.55. The van der Waals surface area contributed by atoms with Crippen LogP contribution in [-0.2, 0) is 4.74 Å². The van der Waals surface area contributed by atoms with Crippen molar-refractivity contribution in [2.24, 2.45) is 0 Å². The Hall–Kier alpha value is -4.20. The third-order valence-electron chi connectivity index (χ3n) is 6.49. The number of urea groups is 1. The minimum absolute atomic E-state index is 0.0344. The maximum Gasteiger partial charge on any atom is 0.358 e. The maximum absolute atomic E-state index is 12.7. The fourth-order valence-corrected chi connectivity index (χ4v) is 4.42. The van der Waals surface area contributed by atoms with Gasteiger partial charge in [0.05, 0.1) is 19.5 Å². The number of amides is 2. The summed E-state index contributed by atoms with van der Waals surface area (Å²) in [7, 11) is 1.29. The van der Waals surface area contributed by atoms with Gasteiger partial charge in [0.1, 0.15) is 5.75 Å². The molecule has 1 aliphatic heterocycles. The van der Waals surface area contributed by atoms with Crippen molar-refractivity contribution in [2.75, 3.05) is 20.2 Å². The number of benzene rings is 2. The van der Waals surface area contributed by atoms with Crippen molar-refractivity contribution in [2.45, 2.75) is 31.2 Å². The molecule has 1 saturated heterocycles. The molecule has 3 aromatic rings. The molecular weight excluding hydrogens is 456 g/mol. The van der Waals surface area contributed by atoms with Crippen LogP contribution in [0.2, 0.25) is 0 Å². The number of likely N-dealkylation sites (tertiary alicyclic amines) is 1. The van der Waals surface area contributed by atoms with E-state index in [4.69, 9.17) is 4.74 Å². The van der Waals surface area contributed by atoms with E-state index < -0.39 is 5.97 Å². The topological polar surface area (TPSA) is 93.7 Å². The van der Waals surface area contributed by atoms with E-state index in [9.17, 15) is 9.59 Å². The molecule has 2 atom stereocenters. The number of aromatic nitrogens is 2. The van der Waals surface area contributed by atoms with Crippen LogP contribution < -0.4 is 10.1 Å². The largest absolute Gasteiger partial charge is 0.464 e. The lowest BCUT2D eigenvalue weighted by Gasteiger charge is -2.28. The van der Waals surface area contributed by atoms with Crippen LogP contribution in [0.3, 0.4) is 0 Å². The molecule has 1 aromatic heterocycles. The number of hydrogen-bond donors (Lipinski definition) is 1. The quantitative estimate of drug-likeness (QED) is 0.505. The minimum Gasteiger partial charge on any atom is -0.464 e. The molecule has 2 aliphatic rings. The van der Waals surface area contributed by atoms with Gasteiger partial charge >= 0.3 is 12.0 Å². The molecule has 1 saturated carbocycles. The average Bonchev–Trinajstić information content (AvgIpc) is 3.69. The highest BCUT2D eigenvalue weighted by molar-refractivity contribution is 5.86. The summed E-state index contributed by atoms with van der Waals surface area (Å²) in [5.41, 5.74) is 3.73. The van der Waals surface area contributed by atoms with E-state index >= 15 is 0 Å². The SMILES string of the molecule is COC(=O)c1cnc(Oc2cccc(C=C3CCN(C(=O)NC4CC4c4ccccc4)CC3)c2)cn1. The molecule has 0 bridgehead atoms. The van der Waals surface area contributed by atoms with E-state index in [0.717, 1.165) is 24.8 Å². The number of carbonyl (C=O) groups excluding carboxylic acids is 2. The monoisotopic (exact) mass is 484 g/mol. The number of carbonyl (C=O) groups is 2. The van der Waals surface area contributed by atoms with Gasteiger partial charge in [-0.2, -0.15) is 0 Å². The van der Waals surface area contributed by atoms with E-state index in [2.05, 4.69) is 38.2 Å². The zero-order valence-electron chi connectivity index (χ0n) is 20.1. The summed E-state index contributed by atoms with van der Waals surface area (Å²) in [5, 5.41) is 3.19. The molecule has 8 nitrogen and oxygen atoms in total. The molecule has 1 aliphatic carbocycles. The van der Waals surface area contributed by atoms with E-state index in [1.54, 1.807) is 0 Å². The Kier molecular flexibility index (Phi) is 6.93. The zero-order chi connectivity index (χ0) is 24.9. The van der Waals surface area contributed by atoms with E-state index in [0.29, 0.717) is 24.8 Å². The van der Waals surface area contributed by atoms with Crippen LogP contribution in [0.1, 0.15) is 46.8 Å². The first-order valence-electron chi connectivity index (χ1n) is 12.1. The highest BCUT2D eigenvalue weighted by Crippen LogP contribution is 2.40. The molecule has 1 N–H and O–H groups in total. The summed E-state index contributed by atoms with van der Waals surface area (Å²) in [5.74, 6) is 0.799. The van der Waals surface area contributed by atoms with Gasteiger partial charge in [0.25, 0.3) is 0 Å². The Morgan fingerprint density at radius 2 is 1.83 bits per heavy atom. The van der Waals surface area contributed by atoms with Crippen LogP contribution in [0.4, 0.5) is 4.79 Å². The van der Waals surface area contributed by atoms with Gasteiger partial charge in [-0.1, -0.05) is 54.1 Å². The Morgan fingerprint density at radius 1 is 1.03 bits per heavy atom. The standard InChI is InChI=1S/C28H28N4O4/c1-35-27(33)25-17-30-26(18-29-25)36-22-9-5-6-20(15-22)14-19-10-12-32(13-11-19)28(34)31-24-16-23(24)21-7-3-2-4-8-21/h2-9,14-15,17-18,23-24H,10-13,16H2,1H3,(H,31,34). The third kappa shape index (κ3) is 5.71. The Labute approximate surface area is 210 Å². The van der Waals surface area contributed by atoms with Gasteiger partial charge in [0.15, 0.2) is 5.69 Å². The molecule has 2 aromatic carbocycles. The molecule has 5 rings (SSSR count). The number of nitrogens with one attached hydrogen (secondary N) is 1. The molecule has 2 heterocycles. The molecule has 2 fully saturated rings. The van der Waals surface area contributed by atoms with Gasteiger partial charge in [-0.05, 0) is 42.5 Å². The van der Waals surface area contributed by atoms with Crippen LogP contribution in [0.15, 0.2) is 72.6 Å². The summed E-state index contributed by atoms with van der Waals surface area (Å²) in [4.78, 5) is 34.3. The lowest BCUT2D eigenvalue weighted by molar-refractivity contribution is 0.0593. The molecule has 0 spiro atoms. The predicted molar refractivity (Wildman–Crippen MR) is 135 cm³/mol. The fraction of sp³-hybridized carbons (Fsp3) is 0.286. The number of piperidine rings is 1. The van der Waals surface area contributed by atoms with Crippen molar-refractivity contribution in [1.82, 2.24) is 20.2 Å². The number of rotatable bonds is 6. The second kappa shape index (κ2) is 10.6. The van der Waals surface area contributed by atoms with E-state index in [1.807, 2.05) is 47.4 Å². The number of methoxy groups -OCH3 is 1. The van der Waals surface area contributed by atoms with Crippen molar-refractivity contribution in [1.29, 1.82) is 0 Å². The Balaban J connectivity index is 1.12. The number of ether oxygens (including phenoxy) is 2. The van der Waals surface area contributed by atoms with Crippen molar-refractivity contribution in [3.8, 4) is 11.6 Å². The van der Waals surface area contributed by atoms with Crippen LogP contribution in [0.25, 0.3) is 6.08 Å². The fourth-order valence-electron chi connectivity index (χ4n) is 4.42. The van der Waals surface area contributed by atoms with Gasteiger partial charge in [-0.15, -0.1) is 0 Å². The minimum atomic E-state index is -0.546. The zero-order valence-corrected chi connectivity index (χ0v) is 20.1. The lowest BCUT2D eigenvalue weighted by atomic mass is 10.0. The number of hydrogen-bond acceptors (Lipinski definition) is 6. The molecule has 8 heteroatoms. The molecule has 2 unspecified atom stereocenters. The first kappa shape index (κ1) is 23.5. The van der Waals surface area contributed by atoms with Crippen molar-refractivity contribution >= 4 is 18.1 Å². The highest BCUT2D eigenvalue weighted by Gasteiger charge is 2.40. The maximum atomic E-state index is 12.7. The van der Waals surface area contributed by atoms with Crippen molar-refractivity contribution < 1.29 is 19.1 Å². The predicted octanol–water partition coefficient (Wildman–Crippen LogP) is 4.80. The van der Waals surface area contributed by atoms with Crippen LogP contribution >= 0.6 is 0 Å². The van der Waals surface area contributed by atoms with E-state index in [-0.39, 0.29) is 23.6 Å². The number of esters is 1. The summed E-state index contributed by atoms with van der Waals surface area (Å²) < 4.78 is 10.4. The van der Waals surface area contributed by atoms with Crippen LogP contribution in [0.5, 0.6) is 11.6 Å². The van der Waals surface area contributed by atoms with Gasteiger partial charge in [-0.25, -0.2) is 19.6 Å². The first-order valence-corrected chi connectivity index (χ1v) is 12.1. The summed E-state index contributed by atoms with van der Waals surface area (Å²) in [6, 6.07) is 18.3. The van der Waals surface area contributed by atoms with Gasteiger partial charge < -0.3 is 19.7 Å². The molecule has 0 radical (unpaired) electrons. The van der Waals surface area contributed by atoms with E-state index in [1.165, 1.54) is 30.6 Å². The van der Waals surface area contributed by atoms with Gasteiger partial charge in [0, 0.05) is 25.0 Å². The average molecular weight is 485 g/mol. The lowest BCUT2D eigenvalue weighted by Crippen LogP contribution is -2.44. The third-order valence-corrected chi connectivity index (χ3v) is 6.49. The Morgan fingerprint density at radius 3 is 2.56 bits per heavy atom. The second-order valence-electron chi connectivity index (χ2n) is 9.00. The second-order valence-corrected chi connectivity index (χ2v) is 9.00. The normalized spacial score (nSPS) is 18.8. The molecule has 184 valence electrons. The van der Waals surface area contributed by atoms with Crippen LogP contribution in [0, 0.1) is 0 Å². The van der Waals surface area contributed by atoms with Crippen molar-refractivity contribution in [3.63, 3.8) is 0 Å². The summed E-state index contributed by atoms with van der Waals surface area (Å²) >= 11 is 0. The smallest absolute Gasteiger partial charge is 0.358 e. The molecular formula is C28H28N4O4. The van der Waals surface area contributed by atoms with Crippen molar-refractivity contribution in [3.05, 3.63) is 89.4 Å². The van der Waals surface area contributed by atoms with Gasteiger partial charge in [-0.3, -0.25) is 0 Å². The molecule has 2 amide bonds. The Bertz CT molecular complexity index is 1250. The summed E-state index contributed by atoms with van der Waals surface area (Å²) in [6.45, 7) is 1.41. The van der Waals surface area contributed by atoms with Crippen LogP contribution in [-0.4, -0.2) is 53.1 Å². The molecule has 36 heavy (non-hydrogen) atoms. The van der Waals surface area contributed by atoms with Gasteiger partial charge in [0.2, 0.25) is 5.88 Å². The first-order chi connectivity index (χ1) is 17.6. The highest BCUT2D eigenvalue weighted by atomic mass is 16.5.